The van der Waals surface area contributed by atoms with Gasteiger partial charge in [0.05, 0.1) is 10.9 Å². The Morgan fingerprint density at radius 1 is 1.20 bits per heavy atom. The summed E-state index contributed by atoms with van der Waals surface area (Å²) in [5, 5.41) is 3.48. The first-order valence-electron chi connectivity index (χ1n) is 8.24. The van der Waals surface area contributed by atoms with Crippen molar-refractivity contribution in [3.8, 4) is 0 Å². The molecule has 0 radical (unpaired) electrons. The molecule has 126 valence electrons. The lowest BCUT2D eigenvalue weighted by Gasteiger charge is -2.30. The molecule has 0 unspecified atom stereocenters. The van der Waals surface area contributed by atoms with Gasteiger partial charge in [-0.15, -0.1) is 0 Å². The summed E-state index contributed by atoms with van der Waals surface area (Å²) in [6.07, 6.45) is 0.780. The number of rotatable bonds is 2. The fourth-order valence-corrected chi connectivity index (χ4v) is 3.32. The van der Waals surface area contributed by atoms with Gasteiger partial charge in [0.15, 0.2) is 0 Å². The molecule has 1 aliphatic rings. The number of hydrogen-bond acceptors (Lipinski definition) is 4. The fourth-order valence-electron chi connectivity index (χ4n) is 3.32. The topological polar surface area (TPSA) is 78.1 Å². The number of para-hydroxylation sites is 1. The summed E-state index contributed by atoms with van der Waals surface area (Å²) >= 11 is 0. The molecule has 1 aliphatic heterocycles. The molecule has 2 aromatic carbocycles. The first-order chi connectivity index (χ1) is 12.1. The first kappa shape index (κ1) is 15.4. The van der Waals surface area contributed by atoms with Crippen molar-refractivity contribution in [3.63, 3.8) is 0 Å². The quantitative estimate of drug-likeness (QED) is 0.754. The molecule has 0 spiro atoms. The number of H-pyrrole nitrogens is 1. The van der Waals surface area contributed by atoms with E-state index in [9.17, 15) is 9.59 Å². The molecular weight excluding hydrogens is 316 g/mol. The Kier molecular flexibility index (Phi) is 3.72. The molecule has 25 heavy (non-hydrogen) atoms. The van der Waals surface area contributed by atoms with E-state index in [4.69, 9.17) is 0 Å². The predicted molar refractivity (Wildman–Crippen MR) is 97.9 cm³/mol. The van der Waals surface area contributed by atoms with Crippen LogP contribution in [0.1, 0.15) is 18.1 Å². The number of anilines is 2. The van der Waals surface area contributed by atoms with Gasteiger partial charge < -0.3 is 10.2 Å². The SMILES string of the molecule is CC(=O)Nc1cccc2c1CCN(c1nc3ccccc3c(=O)[nH]1)C2. The molecule has 0 saturated carbocycles. The highest BCUT2D eigenvalue weighted by Crippen LogP contribution is 2.28. The highest BCUT2D eigenvalue weighted by molar-refractivity contribution is 5.90. The van der Waals surface area contributed by atoms with Crippen molar-refractivity contribution in [1.29, 1.82) is 0 Å². The maximum Gasteiger partial charge on any atom is 0.260 e. The van der Waals surface area contributed by atoms with E-state index in [0.717, 1.165) is 29.8 Å². The lowest BCUT2D eigenvalue weighted by atomic mass is 9.98. The number of hydrogen-bond donors (Lipinski definition) is 2. The minimum Gasteiger partial charge on any atom is -0.338 e. The minimum absolute atomic E-state index is 0.0728. The molecule has 0 saturated heterocycles. The number of benzene rings is 2. The Morgan fingerprint density at radius 3 is 2.88 bits per heavy atom. The molecule has 1 aromatic heterocycles. The Bertz CT molecular complexity index is 1030. The number of amides is 1. The average molecular weight is 334 g/mol. The van der Waals surface area contributed by atoms with Crippen LogP contribution < -0.4 is 15.8 Å². The van der Waals surface area contributed by atoms with E-state index in [1.54, 1.807) is 6.07 Å². The van der Waals surface area contributed by atoms with E-state index < -0.39 is 0 Å². The minimum atomic E-state index is -0.126. The normalized spacial score (nSPS) is 13.6. The third kappa shape index (κ3) is 2.87. The number of fused-ring (bicyclic) bond motifs is 2. The van der Waals surface area contributed by atoms with Crippen LogP contribution in [0.5, 0.6) is 0 Å². The summed E-state index contributed by atoms with van der Waals surface area (Å²) in [4.78, 5) is 33.2. The molecule has 1 amide bonds. The molecule has 0 aliphatic carbocycles. The van der Waals surface area contributed by atoms with Crippen molar-refractivity contribution < 1.29 is 4.79 Å². The number of nitrogens with zero attached hydrogens (tertiary/aromatic N) is 2. The summed E-state index contributed by atoms with van der Waals surface area (Å²) < 4.78 is 0. The van der Waals surface area contributed by atoms with Gasteiger partial charge in [-0.1, -0.05) is 24.3 Å². The Morgan fingerprint density at radius 2 is 2.04 bits per heavy atom. The zero-order chi connectivity index (χ0) is 17.4. The van der Waals surface area contributed by atoms with Gasteiger partial charge in [-0.3, -0.25) is 14.6 Å². The molecule has 0 atom stereocenters. The van der Waals surface area contributed by atoms with Crippen molar-refractivity contribution in [1.82, 2.24) is 9.97 Å². The lowest BCUT2D eigenvalue weighted by molar-refractivity contribution is -0.114. The molecule has 2 N–H and O–H groups in total. The van der Waals surface area contributed by atoms with Crippen molar-refractivity contribution in [3.05, 3.63) is 63.9 Å². The summed E-state index contributed by atoms with van der Waals surface area (Å²) in [5.74, 6) is 0.510. The molecule has 3 aromatic rings. The van der Waals surface area contributed by atoms with Crippen LogP contribution in [0.25, 0.3) is 10.9 Å². The van der Waals surface area contributed by atoms with Gasteiger partial charge in [-0.2, -0.15) is 0 Å². The maximum atomic E-state index is 12.3. The maximum absolute atomic E-state index is 12.3. The Hall–Kier alpha value is -3.15. The van der Waals surface area contributed by atoms with Crippen LogP contribution in [0.15, 0.2) is 47.3 Å². The van der Waals surface area contributed by atoms with Crippen LogP contribution in [0, 0.1) is 0 Å². The first-order valence-corrected chi connectivity index (χ1v) is 8.24. The predicted octanol–water partition coefficient (Wildman–Crippen LogP) is 2.44. The highest BCUT2D eigenvalue weighted by Gasteiger charge is 2.21. The number of carbonyl (C=O) groups is 1. The van der Waals surface area contributed by atoms with E-state index >= 15 is 0 Å². The van der Waals surface area contributed by atoms with Crippen LogP contribution in [0.2, 0.25) is 0 Å². The van der Waals surface area contributed by atoms with Crippen LogP contribution in [-0.4, -0.2) is 22.4 Å². The smallest absolute Gasteiger partial charge is 0.260 e. The molecule has 0 bridgehead atoms. The number of aromatic amines is 1. The molecule has 6 nitrogen and oxygen atoms in total. The third-order valence-electron chi connectivity index (χ3n) is 4.48. The van der Waals surface area contributed by atoms with E-state index in [0.29, 0.717) is 23.4 Å². The van der Waals surface area contributed by atoms with Crippen LogP contribution >= 0.6 is 0 Å². The zero-order valence-corrected chi connectivity index (χ0v) is 13.9. The molecular formula is C19H18N4O2. The van der Waals surface area contributed by atoms with Gasteiger partial charge in [-0.25, -0.2) is 4.98 Å². The molecule has 4 rings (SSSR count). The van der Waals surface area contributed by atoms with Gasteiger partial charge in [0.25, 0.3) is 5.56 Å². The van der Waals surface area contributed by atoms with Gasteiger partial charge in [0, 0.05) is 25.7 Å². The van der Waals surface area contributed by atoms with Gasteiger partial charge >= 0.3 is 0 Å². The summed E-state index contributed by atoms with van der Waals surface area (Å²) in [5.41, 5.74) is 3.72. The second-order valence-corrected chi connectivity index (χ2v) is 6.20. The summed E-state index contributed by atoms with van der Waals surface area (Å²) in [6, 6.07) is 13.2. The second kappa shape index (κ2) is 6.05. The van der Waals surface area contributed by atoms with Crippen LogP contribution in [0.4, 0.5) is 11.6 Å². The van der Waals surface area contributed by atoms with Crippen molar-refractivity contribution >= 4 is 28.4 Å². The van der Waals surface area contributed by atoms with Crippen LogP contribution in [0.3, 0.4) is 0 Å². The van der Waals surface area contributed by atoms with E-state index in [-0.39, 0.29) is 11.5 Å². The van der Waals surface area contributed by atoms with E-state index in [1.165, 1.54) is 6.92 Å². The largest absolute Gasteiger partial charge is 0.338 e. The van der Waals surface area contributed by atoms with Gasteiger partial charge in [0.1, 0.15) is 0 Å². The molecule has 2 heterocycles. The fraction of sp³-hybridized carbons (Fsp3) is 0.211. The average Bonchev–Trinajstić information content (AvgIpc) is 2.61. The van der Waals surface area contributed by atoms with Crippen molar-refractivity contribution in [2.45, 2.75) is 19.9 Å². The van der Waals surface area contributed by atoms with Gasteiger partial charge in [-0.05, 0) is 35.7 Å². The van der Waals surface area contributed by atoms with Crippen molar-refractivity contribution in [2.75, 3.05) is 16.8 Å². The van der Waals surface area contributed by atoms with Crippen molar-refractivity contribution in [2.24, 2.45) is 0 Å². The molecule has 0 fully saturated rings. The number of carbonyl (C=O) groups excluding carboxylic acids is 1. The lowest BCUT2D eigenvalue weighted by Crippen LogP contribution is -2.33. The monoisotopic (exact) mass is 334 g/mol. The summed E-state index contributed by atoms with van der Waals surface area (Å²) in [6.45, 7) is 2.88. The Labute approximate surface area is 144 Å². The zero-order valence-electron chi connectivity index (χ0n) is 13.9. The number of aromatic nitrogens is 2. The Balaban J connectivity index is 1.69. The van der Waals surface area contributed by atoms with E-state index in [1.807, 2.05) is 36.4 Å². The third-order valence-corrected chi connectivity index (χ3v) is 4.48. The second-order valence-electron chi connectivity index (χ2n) is 6.20. The van der Waals surface area contributed by atoms with Gasteiger partial charge in [0.2, 0.25) is 11.9 Å². The molecule has 6 heteroatoms. The van der Waals surface area contributed by atoms with Crippen LogP contribution in [-0.2, 0) is 17.8 Å². The highest BCUT2D eigenvalue weighted by atomic mass is 16.1. The summed E-state index contributed by atoms with van der Waals surface area (Å²) in [7, 11) is 0. The standard InChI is InChI=1S/C19H18N4O2/c1-12(24)20-16-8-4-5-13-11-23(10-9-14(13)16)19-21-17-7-3-2-6-15(17)18(25)22-19/h2-8H,9-11H2,1H3,(H,20,24)(H,21,22,25). The number of nitrogens with one attached hydrogen (secondary N) is 2. The van der Waals surface area contributed by atoms with E-state index in [2.05, 4.69) is 20.2 Å².